The Labute approximate surface area is 102 Å². The lowest BCUT2D eigenvalue weighted by atomic mass is 10.0. The van der Waals surface area contributed by atoms with Crippen LogP contribution in [0.2, 0.25) is 0 Å². The molecule has 1 unspecified atom stereocenters. The Balaban J connectivity index is 1.63. The van der Waals surface area contributed by atoms with E-state index in [4.69, 9.17) is 0 Å². The van der Waals surface area contributed by atoms with Gasteiger partial charge in [-0.25, -0.2) is 0 Å². The molecule has 2 aliphatic carbocycles. The third-order valence-corrected chi connectivity index (χ3v) is 4.30. The fourth-order valence-electron chi connectivity index (χ4n) is 2.87. The van der Waals surface area contributed by atoms with Crippen LogP contribution in [0.3, 0.4) is 0 Å². The summed E-state index contributed by atoms with van der Waals surface area (Å²) < 4.78 is 0. The van der Waals surface area contributed by atoms with Crippen molar-refractivity contribution < 1.29 is 9.59 Å². The van der Waals surface area contributed by atoms with E-state index in [1.165, 1.54) is 30.6 Å². The van der Waals surface area contributed by atoms with Crippen LogP contribution in [0.25, 0.3) is 0 Å². The Bertz CT molecular complexity index is 335. The van der Waals surface area contributed by atoms with Crippen molar-refractivity contribution in [2.45, 2.75) is 50.6 Å². The van der Waals surface area contributed by atoms with Crippen molar-refractivity contribution in [2.24, 2.45) is 11.8 Å². The second-order valence-electron chi connectivity index (χ2n) is 5.75. The van der Waals surface area contributed by atoms with E-state index in [2.05, 4.69) is 5.32 Å². The molecule has 0 bridgehead atoms. The normalized spacial score (nSPS) is 30.2. The van der Waals surface area contributed by atoms with E-state index in [0.717, 1.165) is 11.8 Å². The van der Waals surface area contributed by atoms with Crippen molar-refractivity contribution in [1.29, 1.82) is 0 Å². The van der Waals surface area contributed by atoms with E-state index in [9.17, 15) is 9.59 Å². The van der Waals surface area contributed by atoms with E-state index in [1.54, 1.807) is 7.05 Å². The highest BCUT2D eigenvalue weighted by atomic mass is 16.2. The van der Waals surface area contributed by atoms with Crippen molar-refractivity contribution in [3.8, 4) is 0 Å². The van der Waals surface area contributed by atoms with Gasteiger partial charge < -0.3 is 5.32 Å². The third kappa shape index (κ3) is 2.23. The van der Waals surface area contributed by atoms with Crippen LogP contribution in [-0.2, 0) is 9.59 Å². The first-order valence-corrected chi connectivity index (χ1v) is 6.73. The van der Waals surface area contributed by atoms with E-state index in [1.807, 2.05) is 0 Å². The highest BCUT2D eigenvalue weighted by molar-refractivity contribution is 6.00. The fourth-order valence-corrected chi connectivity index (χ4v) is 2.87. The first-order valence-electron chi connectivity index (χ1n) is 6.73. The summed E-state index contributed by atoms with van der Waals surface area (Å²) in [4.78, 5) is 24.7. The van der Waals surface area contributed by atoms with Gasteiger partial charge in [-0.05, 0) is 43.9 Å². The molecule has 0 aromatic carbocycles. The van der Waals surface area contributed by atoms with E-state index in [-0.39, 0.29) is 17.9 Å². The van der Waals surface area contributed by atoms with Gasteiger partial charge in [0, 0.05) is 19.5 Å². The minimum Gasteiger partial charge on any atom is -0.302 e. The Morgan fingerprint density at radius 1 is 1.12 bits per heavy atom. The molecule has 94 valence electrons. The summed E-state index contributed by atoms with van der Waals surface area (Å²) in [5.41, 5.74) is 0. The van der Waals surface area contributed by atoms with E-state index in [0.29, 0.717) is 18.9 Å². The summed E-state index contributed by atoms with van der Waals surface area (Å²) in [5.74, 6) is 1.51. The highest BCUT2D eigenvalue weighted by Gasteiger charge is 2.44. The maximum atomic E-state index is 12.0. The van der Waals surface area contributed by atoms with Crippen molar-refractivity contribution >= 4 is 11.8 Å². The van der Waals surface area contributed by atoms with Crippen molar-refractivity contribution in [1.82, 2.24) is 10.2 Å². The number of hydrogen-bond donors (Lipinski definition) is 1. The number of imide groups is 1. The lowest BCUT2D eigenvalue weighted by Crippen LogP contribution is -2.54. The lowest BCUT2D eigenvalue weighted by molar-refractivity contribution is -0.148. The zero-order valence-electron chi connectivity index (χ0n) is 10.3. The summed E-state index contributed by atoms with van der Waals surface area (Å²) in [7, 11) is 1.60. The van der Waals surface area contributed by atoms with Gasteiger partial charge in [-0.3, -0.25) is 14.5 Å². The quantitative estimate of drug-likeness (QED) is 0.738. The zero-order valence-corrected chi connectivity index (χ0v) is 10.3. The van der Waals surface area contributed by atoms with Gasteiger partial charge in [0.25, 0.3) is 0 Å². The molecule has 1 N–H and O–H groups in total. The number of carbonyl (C=O) groups excluding carboxylic acids is 2. The molecular weight excluding hydrogens is 216 g/mol. The van der Waals surface area contributed by atoms with Crippen molar-refractivity contribution in [3.63, 3.8) is 0 Å². The molecule has 4 nitrogen and oxygen atoms in total. The van der Waals surface area contributed by atoms with Crippen LogP contribution in [0.15, 0.2) is 0 Å². The minimum atomic E-state index is -0.121. The summed E-state index contributed by atoms with van der Waals surface area (Å²) in [6, 6.07) is 0.412. The van der Waals surface area contributed by atoms with Gasteiger partial charge >= 0.3 is 0 Å². The van der Waals surface area contributed by atoms with Crippen LogP contribution in [0.1, 0.15) is 38.5 Å². The number of amides is 2. The molecule has 2 amide bonds. The van der Waals surface area contributed by atoms with Gasteiger partial charge in [-0.1, -0.05) is 0 Å². The van der Waals surface area contributed by atoms with Gasteiger partial charge in [-0.2, -0.15) is 0 Å². The summed E-state index contributed by atoms with van der Waals surface area (Å²) in [6.07, 6.45) is 6.42. The molecule has 0 spiro atoms. The molecule has 0 aromatic rings. The largest absolute Gasteiger partial charge is 0.302 e. The first kappa shape index (κ1) is 11.2. The SMILES string of the molecule is CN1C(=O)CCC(NC(C2CC2)C2CC2)C1=O. The summed E-state index contributed by atoms with van der Waals surface area (Å²) in [5, 5.41) is 3.54. The zero-order chi connectivity index (χ0) is 12.0. The van der Waals surface area contributed by atoms with Crippen molar-refractivity contribution in [3.05, 3.63) is 0 Å². The average Bonchev–Trinajstić information content (AvgIpc) is 3.16. The van der Waals surface area contributed by atoms with Crippen LogP contribution in [0.5, 0.6) is 0 Å². The van der Waals surface area contributed by atoms with Gasteiger partial charge in [0.05, 0.1) is 6.04 Å². The Hall–Kier alpha value is -0.900. The second-order valence-corrected chi connectivity index (χ2v) is 5.75. The van der Waals surface area contributed by atoms with E-state index >= 15 is 0 Å². The molecular formula is C13H20N2O2. The topological polar surface area (TPSA) is 49.4 Å². The highest BCUT2D eigenvalue weighted by Crippen LogP contribution is 2.44. The lowest BCUT2D eigenvalue weighted by Gasteiger charge is -2.31. The van der Waals surface area contributed by atoms with Gasteiger partial charge in [0.1, 0.15) is 0 Å². The molecule has 1 heterocycles. The van der Waals surface area contributed by atoms with Crippen LogP contribution in [0.4, 0.5) is 0 Å². The molecule has 3 fully saturated rings. The number of nitrogens with zero attached hydrogens (tertiary/aromatic N) is 1. The Kier molecular flexibility index (Phi) is 2.69. The third-order valence-electron chi connectivity index (χ3n) is 4.30. The van der Waals surface area contributed by atoms with Crippen molar-refractivity contribution in [2.75, 3.05) is 7.05 Å². The molecule has 3 rings (SSSR count). The average molecular weight is 236 g/mol. The molecule has 1 atom stereocenters. The molecule has 3 aliphatic rings. The monoisotopic (exact) mass is 236 g/mol. The van der Waals surface area contributed by atoms with Crippen LogP contribution in [0, 0.1) is 11.8 Å². The van der Waals surface area contributed by atoms with Gasteiger partial charge in [0.2, 0.25) is 11.8 Å². The molecule has 0 radical (unpaired) electrons. The Morgan fingerprint density at radius 3 is 2.24 bits per heavy atom. The molecule has 4 heteroatoms. The molecule has 0 aromatic heterocycles. The maximum absolute atomic E-state index is 12.0. The molecule has 2 saturated carbocycles. The van der Waals surface area contributed by atoms with Crippen LogP contribution >= 0.6 is 0 Å². The second kappa shape index (κ2) is 4.09. The van der Waals surface area contributed by atoms with Gasteiger partial charge in [0.15, 0.2) is 0 Å². The standard InChI is InChI=1S/C13H20N2O2/c1-15-11(16)7-6-10(13(15)17)14-12(8-2-3-8)9-4-5-9/h8-10,12,14H,2-7H2,1H3. The molecule has 1 saturated heterocycles. The predicted molar refractivity (Wildman–Crippen MR) is 63.2 cm³/mol. The number of likely N-dealkylation sites (tertiary alicyclic amines) is 1. The number of nitrogens with one attached hydrogen (secondary N) is 1. The van der Waals surface area contributed by atoms with Crippen LogP contribution < -0.4 is 5.32 Å². The van der Waals surface area contributed by atoms with E-state index < -0.39 is 0 Å². The number of piperidine rings is 1. The number of rotatable bonds is 4. The number of hydrogen-bond acceptors (Lipinski definition) is 3. The first-order chi connectivity index (χ1) is 8.16. The maximum Gasteiger partial charge on any atom is 0.246 e. The van der Waals surface area contributed by atoms with Gasteiger partial charge in [-0.15, -0.1) is 0 Å². The van der Waals surface area contributed by atoms with Crippen LogP contribution in [-0.4, -0.2) is 35.8 Å². The smallest absolute Gasteiger partial charge is 0.246 e. The number of carbonyl (C=O) groups is 2. The predicted octanol–water partition coefficient (Wildman–Crippen LogP) is 0.912. The summed E-state index contributed by atoms with van der Waals surface area (Å²) in [6.45, 7) is 0. The minimum absolute atomic E-state index is 0.0347. The molecule has 1 aliphatic heterocycles. The number of likely N-dealkylation sites (N-methyl/N-ethyl adjacent to an activating group) is 1. The molecule has 17 heavy (non-hydrogen) atoms. The Morgan fingerprint density at radius 2 is 1.71 bits per heavy atom. The fraction of sp³-hybridized carbons (Fsp3) is 0.846. The summed E-state index contributed by atoms with van der Waals surface area (Å²) >= 11 is 0.